The van der Waals surface area contributed by atoms with Crippen LogP contribution in [0, 0.1) is 10.1 Å². The van der Waals surface area contributed by atoms with Gasteiger partial charge in [-0.3, -0.25) is 10.1 Å². The van der Waals surface area contributed by atoms with E-state index in [1.165, 1.54) is 30.3 Å². The number of ether oxygens (including phenoxy) is 1. The Bertz CT molecular complexity index is 894. The van der Waals surface area contributed by atoms with E-state index in [1.807, 2.05) is 11.8 Å². The van der Waals surface area contributed by atoms with Gasteiger partial charge in [-0.2, -0.15) is 13.5 Å². The topological polar surface area (TPSA) is 131 Å². The van der Waals surface area contributed by atoms with E-state index in [0.717, 1.165) is 18.3 Å². The molecule has 0 saturated heterocycles. The van der Waals surface area contributed by atoms with E-state index < -0.39 is 26.4 Å². The van der Waals surface area contributed by atoms with Crippen molar-refractivity contribution in [2.24, 2.45) is 5.10 Å². The Morgan fingerprint density at radius 3 is 2.56 bits per heavy atom. The number of nitro benzene ring substituents is 1. The molecule has 0 aliphatic carbocycles. The number of sulfonamides is 1. The average molecular weight is 365 g/mol. The van der Waals surface area contributed by atoms with Gasteiger partial charge >= 0.3 is 5.69 Å². The third kappa shape index (κ3) is 4.67. The first-order valence-corrected chi connectivity index (χ1v) is 8.57. The second kappa shape index (κ2) is 7.62. The highest BCUT2D eigenvalue weighted by atomic mass is 32.2. The number of benzene rings is 2. The van der Waals surface area contributed by atoms with Crippen LogP contribution in [-0.4, -0.2) is 31.3 Å². The largest absolute Gasteiger partial charge is 0.502 e. The lowest BCUT2D eigenvalue weighted by Gasteiger charge is -2.05. The molecule has 0 unspecified atom stereocenters. The van der Waals surface area contributed by atoms with Crippen molar-refractivity contribution in [3.05, 3.63) is 58.1 Å². The van der Waals surface area contributed by atoms with Crippen molar-refractivity contribution < 1.29 is 23.2 Å². The Labute approximate surface area is 143 Å². The summed E-state index contributed by atoms with van der Waals surface area (Å²) in [6.07, 6.45) is 1.10. The molecule has 0 atom stereocenters. The second-order valence-electron chi connectivity index (χ2n) is 4.76. The smallest absolute Gasteiger partial charge is 0.311 e. The van der Waals surface area contributed by atoms with Gasteiger partial charge in [-0.05, 0) is 43.3 Å². The van der Waals surface area contributed by atoms with Gasteiger partial charge < -0.3 is 9.84 Å². The molecule has 0 bridgehead atoms. The maximum atomic E-state index is 12.1. The number of rotatable bonds is 7. The molecule has 0 amide bonds. The van der Waals surface area contributed by atoms with E-state index in [0.29, 0.717) is 12.4 Å². The molecule has 25 heavy (non-hydrogen) atoms. The van der Waals surface area contributed by atoms with Gasteiger partial charge in [-0.25, -0.2) is 4.83 Å². The fourth-order valence-corrected chi connectivity index (χ4v) is 2.66. The quantitative estimate of drug-likeness (QED) is 0.438. The van der Waals surface area contributed by atoms with Crippen LogP contribution in [0.25, 0.3) is 0 Å². The Kier molecular flexibility index (Phi) is 5.55. The monoisotopic (exact) mass is 365 g/mol. The molecule has 2 N–H and O–H groups in total. The lowest BCUT2D eigenvalue weighted by atomic mass is 10.2. The highest BCUT2D eigenvalue weighted by molar-refractivity contribution is 7.89. The second-order valence-corrected chi connectivity index (χ2v) is 6.42. The summed E-state index contributed by atoms with van der Waals surface area (Å²) in [7, 11) is -3.88. The fraction of sp³-hybridized carbons (Fsp3) is 0.133. The molecule has 10 heteroatoms. The lowest BCUT2D eigenvalue weighted by molar-refractivity contribution is -0.385. The summed E-state index contributed by atoms with van der Waals surface area (Å²) < 4.78 is 29.4. The molecular weight excluding hydrogens is 350 g/mol. The molecule has 0 heterocycles. The van der Waals surface area contributed by atoms with E-state index in [9.17, 15) is 23.6 Å². The third-order valence-corrected chi connectivity index (χ3v) is 4.27. The number of nitrogens with zero attached hydrogens (tertiary/aromatic N) is 2. The highest BCUT2D eigenvalue weighted by Crippen LogP contribution is 2.25. The van der Waals surface area contributed by atoms with Crippen LogP contribution in [0.2, 0.25) is 0 Å². The highest BCUT2D eigenvalue weighted by Gasteiger charge is 2.14. The Hall–Kier alpha value is -3.14. The summed E-state index contributed by atoms with van der Waals surface area (Å²) in [5.74, 6) is 0.0541. The fourth-order valence-electron chi connectivity index (χ4n) is 1.87. The molecule has 2 rings (SSSR count). The van der Waals surface area contributed by atoms with E-state index in [4.69, 9.17) is 4.74 Å². The molecule has 0 aliphatic heterocycles. The van der Waals surface area contributed by atoms with Crippen LogP contribution in [-0.2, 0) is 10.0 Å². The molecule has 9 nitrogen and oxygen atoms in total. The van der Waals surface area contributed by atoms with Crippen LogP contribution in [0.3, 0.4) is 0 Å². The number of nitro groups is 1. The van der Waals surface area contributed by atoms with Crippen molar-refractivity contribution in [2.75, 3.05) is 6.61 Å². The molecule has 0 spiro atoms. The standard InChI is InChI=1S/C15H15N3O6S/c1-2-24-12-4-6-13(7-5-12)25(22,23)17-16-10-11-3-8-15(19)14(9-11)18(20)21/h3-10,17,19H,2H2,1H3/b16-10-. The normalized spacial score (nSPS) is 11.4. The molecule has 0 radical (unpaired) electrons. The predicted molar refractivity (Wildman–Crippen MR) is 90.3 cm³/mol. The average Bonchev–Trinajstić information content (AvgIpc) is 2.57. The zero-order chi connectivity index (χ0) is 18.4. The Morgan fingerprint density at radius 2 is 1.96 bits per heavy atom. The molecule has 0 aromatic heterocycles. The molecule has 0 fully saturated rings. The predicted octanol–water partition coefficient (Wildman–Crippen LogP) is 2.01. The number of hydrazone groups is 1. The maximum Gasteiger partial charge on any atom is 0.311 e. The van der Waals surface area contributed by atoms with E-state index in [2.05, 4.69) is 5.10 Å². The number of aromatic hydroxyl groups is 1. The minimum Gasteiger partial charge on any atom is -0.502 e. The summed E-state index contributed by atoms with van der Waals surface area (Å²) in [6, 6.07) is 9.33. The van der Waals surface area contributed by atoms with Crippen molar-refractivity contribution >= 4 is 21.9 Å². The SMILES string of the molecule is CCOc1ccc(S(=O)(=O)N/N=C\c2ccc(O)c([N+](=O)[O-])c2)cc1. The maximum absolute atomic E-state index is 12.1. The third-order valence-electron chi connectivity index (χ3n) is 3.03. The van der Waals surface area contributed by atoms with E-state index in [-0.39, 0.29) is 10.5 Å². The van der Waals surface area contributed by atoms with Crippen LogP contribution >= 0.6 is 0 Å². The Balaban J connectivity index is 2.12. The zero-order valence-corrected chi connectivity index (χ0v) is 13.9. The van der Waals surface area contributed by atoms with Gasteiger partial charge in [0.05, 0.1) is 22.6 Å². The zero-order valence-electron chi connectivity index (χ0n) is 13.1. The molecule has 0 aliphatic rings. The van der Waals surface area contributed by atoms with Gasteiger partial charge in [0.2, 0.25) is 0 Å². The first-order chi connectivity index (χ1) is 11.8. The summed E-state index contributed by atoms with van der Waals surface area (Å²) in [4.78, 5) is 12.0. The molecule has 2 aromatic carbocycles. The van der Waals surface area contributed by atoms with Crippen molar-refractivity contribution in [3.63, 3.8) is 0 Å². The number of hydrogen-bond acceptors (Lipinski definition) is 7. The molecule has 132 valence electrons. The number of phenols is 1. The van der Waals surface area contributed by atoms with Crippen LogP contribution in [0.5, 0.6) is 11.5 Å². The van der Waals surface area contributed by atoms with Gasteiger partial charge in [0.1, 0.15) is 5.75 Å². The minimum atomic E-state index is -3.88. The van der Waals surface area contributed by atoms with Gasteiger partial charge in [0.15, 0.2) is 5.75 Å². The van der Waals surface area contributed by atoms with E-state index in [1.54, 1.807) is 0 Å². The van der Waals surface area contributed by atoms with Crippen LogP contribution < -0.4 is 9.57 Å². The van der Waals surface area contributed by atoms with E-state index >= 15 is 0 Å². The van der Waals surface area contributed by atoms with Crippen molar-refractivity contribution in [1.82, 2.24) is 4.83 Å². The van der Waals surface area contributed by atoms with Crippen LogP contribution in [0.4, 0.5) is 5.69 Å². The summed E-state index contributed by atoms with van der Waals surface area (Å²) in [6.45, 7) is 2.28. The first kappa shape index (κ1) is 18.2. The van der Waals surface area contributed by atoms with Gasteiger partial charge in [-0.1, -0.05) is 0 Å². The minimum absolute atomic E-state index is 0.00945. The molecule has 2 aromatic rings. The lowest BCUT2D eigenvalue weighted by Crippen LogP contribution is -2.18. The van der Waals surface area contributed by atoms with Crippen molar-refractivity contribution in [3.8, 4) is 11.5 Å². The summed E-state index contributed by atoms with van der Waals surface area (Å²) in [5.41, 5.74) is -0.253. The van der Waals surface area contributed by atoms with Gasteiger partial charge in [0.25, 0.3) is 10.0 Å². The van der Waals surface area contributed by atoms with Crippen molar-refractivity contribution in [1.29, 1.82) is 0 Å². The first-order valence-electron chi connectivity index (χ1n) is 7.08. The number of nitrogens with one attached hydrogen (secondary N) is 1. The summed E-state index contributed by atoms with van der Waals surface area (Å²) >= 11 is 0. The van der Waals surface area contributed by atoms with Crippen molar-refractivity contribution in [2.45, 2.75) is 11.8 Å². The summed E-state index contributed by atoms with van der Waals surface area (Å²) in [5, 5.41) is 23.7. The Morgan fingerprint density at radius 1 is 1.28 bits per heavy atom. The molecular formula is C15H15N3O6S. The van der Waals surface area contributed by atoms with Gasteiger partial charge in [0, 0.05) is 11.6 Å². The van der Waals surface area contributed by atoms with Crippen LogP contribution in [0.1, 0.15) is 12.5 Å². The molecule has 0 saturated carbocycles. The number of phenolic OH excluding ortho intramolecular Hbond substituents is 1. The van der Waals surface area contributed by atoms with Gasteiger partial charge in [-0.15, -0.1) is 0 Å². The van der Waals surface area contributed by atoms with Crippen LogP contribution in [0.15, 0.2) is 52.5 Å². The number of hydrogen-bond donors (Lipinski definition) is 2.